The van der Waals surface area contributed by atoms with Crippen molar-refractivity contribution in [3.63, 3.8) is 0 Å². The molecule has 114 valence electrons. The Labute approximate surface area is 121 Å². The van der Waals surface area contributed by atoms with E-state index in [1.165, 1.54) is 7.11 Å². The van der Waals surface area contributed by atoms with Crippen molar-refractivity contribution in [3.8, 4) is 0 Å². The number of benzene rings is 1. The first kappa shape index (κ1) is 16.8. The lowest BCUT2D eigenvalue weighted by Gasteiger charge is -2.15. The number of allylic oxidation sites excluding steroid dienone is 1. The van der Waals surface area contributed by atoms with Crippen LogP contribution in [0.2, 0.25) is 0 Å². The first-order chi connectivity index (χ1) is 9.83. The predicted octanol–water partition coefficient (Wildman–Crippen LogP) is 2.59. The number of nitrogens with one attached hydrogen (secondary N) is 1. The normalized spacial score (nSPS) is 11.5. The van der Waals surface area contributed by atoms with E-state index in [0.29, 0.717) is 6.07 Å². The molecule has 0 radical (unpaired) electrons. The molecule has 0 aliphatic carbocycles. The third-order valence-electron chi connectivity index (χ3n) is 2.68. The highest BCUT2D eigenvalue weighted by Crippen LogP contribution is 2.09. The van der Waals surface area contributed by atoms with Gasteiger partial charge in [-0.3, -0.25) is 4.79 Å². The van der Waals surface area contributed by atoms with Gasteiger partial charge in [-0.25, -0.2) is 13.6 Å². The Kier molecular flexibility index (Phi) is 6.02. The summed E-state index contributed by atoms with van der Waals surface area (Å²) in [6.45, 7) is 3.69. The van der Waals surface area contributed by atoms with E-state index in [2.05, 4.69) is 10.1 Å². The van der Waals surface area contributed by atoms with Gasteiger partial charge in [0.05, 0.1) is 7.11 Å². The fourth-order valence-electron chi connectivity index (χ4n) is 1.64. The first-order valence-electron chi connectivity index (χ1n) is 6.31. The quantitative estimate of drug-likeness (QED) is 0.671. The van der Waals surface area contributed by atoms with Gasteiger partial charge in [0.2, 0.25) is 0 Å². The molecule has 0 spiro atoms. The van der Waals surface area contributed by atoms with Gasteiger partial charge >= 0.3 is 5.97 Å². The van der Waals surface area contributed by atoms with Crippen LogP contribution in [0.15, 0.2) is 29.8 Å². The van der Waals surface area contributed by atoms with E-state index in [0.717, 1.165) is 17.7 Å². The summed E-state index contributed by atoms with van der Waals surface area (Å²) in [5.41, 5.74) is 0.772. The van der Waals surface area contributed by atoms with Gasteiger partial charge in [0.25, 0.3) is 5.91 Å². The third-order valence-corrected chi connectivity index (χ3v) is 2.68. The van der Waals surface area contributed by atoms with Crippen LogP contribution in [0.1, 0.15) is 30.6 Å². The lowest BCUT2D eigenvalue weighted by Crippen LogP contribution is -2.41. The van der Waals surface area contributed by atoms with Gasteiger partial charge in [0.15, 0.2) is 0 Å². The summed E-state index contributed by atoms with van der Waals surface area (Å²) in [5.74, 6) is -3.10. The van der Waals surface area contributed by atoms with Gasteiger partial charge in [-0.2, -0.15) is 0 Å². The monoisotopic (exact) mass is 297 g/mol. The third kappa shape index (κ3) is 5.33. The van der Waals surface area contributed by atoms with E-state index in [-0.39, 0.29) is 12.0 Å². The van der Waals surface area contributed by atoms with Crippen LogP contribution in [0.5, 0.6) is 0 Å². The molecule has 1 atom stereocenters. The number of hydrogen-bond acceptors (Lipinski definition) is 3. The SMILES string of the molecule is COC(=O)[C@@H](CC=C(C)C)NC(=O)c1cc(F)cc(F)c1. The molecule has 1 N–H and O–H groups in total. The fourth-order valence-corrected chi connectivity index (χ4v) is 1.64. The average molecular weight is 297 g/mol. The standard InChI is InChI=1S/C15H17F2NO3/c1-9(2)4-5-13(15(20)21-3)18-14(19)10-6-11(16)8-12(17)7-10/h4,6-8,13H,5H2,1-3H3,(H,18,19)/t13-/m1/s1. The second kappa shape index (κ2) is 7.52. The van der Waals surface area contributed by atoms with Gasteiger partial charge < -0.3 is 10.1 Å². The zero-order valence-corrected chi connectivity index (χ0v) is 12.1. The maximum atomic E-state index is 13.1. The van der Waals surface area contributed by atoms with E-state index in [9.17, 15) is 18.4 Å². The smallest absolute Gasteiger partial charge is 0.328 e. The zero-order chi connectivity index (χ0) is 16.0. The maximum Gasteiger partial charge on any atom is 0.328 e. The minimum Gasteiger partial charge on any atom is -0.467 e. The largest absolute Gasteiger partial charge is 0.467 e. The molecule has 0 heterocycles. The van der Waals surface area contributed by atoms with Crippen LogP contribution in [0.3, 0.4) is 0 Å². The summed E-state index contributed by atoms with van der Waals surface area (Å²) in [6.07, 6.45) is 1.99. The molecule has 4 nitrogen and oxygen atoms in total. The molecule has 1 aromatic carbocycles. The number of ether oxygens (including phenoxy) is 1. The molecule has 1 rings (SSSR count). The fraction of sp³-hybridized carbons (Fsp3) is 0.333. The maximum absolute atomic E-state index is 13.1. The number of methoxy groups -OCH3 is 1. The van der Waals surface area contributed by atoms with Crippen LogP contribution in [-0.4, -0.2) is 25.0 Å². The molecule has 0 fully saturated rings. The lowest BCUT2D eigenvalue weighted by molar-refractivity contribution is -0.142. The van der Waals surface area contributed by atoms with Gasteiger partial charge in [-0.05, 0) is 32.4 Å². The Balaban J connectivity index is 2.89. The molecule has 0 aromatic heterocycles. The van der Waals surface area contributed by atoms with Crippen LogP contribution in [0.4, 0.5) is 8.78 Å². The number of halogens is 2. The summed E-state index contributed by atoms with van der Waals surface area (Å²) in [5, 5.41) is 2.40. The van der Waals surface area contributed by atoms with Crippen LogP contribution < -0.4 is 5.32 Å². The van der Waals surface area contributed by atoms with E-state index in [1.54, 1.807) is 6.08 Å². The average Bonchev–Trinajstić information content (AvgIpc) is 2.40. The Morgan fingerprint density at radius 1 is 1.24 bits per heavy atom. The van der Waals surface area contributed by atoms with Crippen molar-refractivity contribution < 1.29 is 23.1 Å². The van der Waals surface area contributed by atoms with Gasteiger partial charge in [0, 0.05) is 11.6 Å². The lowest BCUT2D eigenvalue weighted by atomic mass is 10.1. The van der Waals surface area contributed by atoms with Crippen molar-refractivity contribution in [2.24, 2.45) is 0 Å². The van der Waals surface area contributed by atoms with E-state index >= 15 is 0 Å². The minimum atomic E-state index is -0.913. The number of amides is 1. The number of hydrogen-bond donors (Lipinski definition) is 1. The molecule has 0 aliphatic heterocycles. The number of rotatable bonds is 5. The van der Waals surface area contributed by atoms with Gasteiger partial charge in [0.1, 0.15) is 17.7 Å². The van der Waals surface area contributed by atoms with Crippen molar-refractivity contribution in [1.29, 1.82) is 0 Å². The van der Waals surface area contributed by atoms with Crippen LogP contribution >= 0.6 is 0 Å². The second-order valence-corrected chi connectivity index (χ2v) is 4.72. The molecule has 21 heavy (non-hydrogen) atoms. The Hall–Kier alpha value is -2.24. The highest BCUT2D eigenvalue weighted by atomic mass is 19.1. The summed E-state index contributed by atoms with van der Waals surface area (Å²) in [6, 6.07) is 1.54. The highest BCUT2D eigenvalue weighted by Gasteiger charge is 2.21. The Morgan fingerprint density at radius 2 is 1.81 bits per heavy atom. The van der Waals surface area contributed by atoms with Crippen LogP contribution in [-0.2, 0) is 9.53 Å². The highest BCUT2D eigenvalue weighted by molar-refractivity contribution is 5.96. The molecule has 0 unspecified atom stereocenters. The van der Waals surface area contributed by atoms with Crippen LogP contribution in [0, 0.1) is 11.6 Å². The molecule has 0 bridgehead atoms. The molecule has 0 aliphatic rings. The summed E-state index contributed by atoms with van der Waals surface area (Å²) in [7, 11) is 1.20. The van der Waals surface area contributed by atoms with Gasteiger partial charge in [-0.1, -0.05) is 11.6 Å². The molecular weight excluding hydrogens is 280 g/mol. The second-order valence-electron chi connectivity index (χ2n) is 4.72. The molecular formula is C15H17F2NO3. The minimum absolute atomic E-state index is 0.196. The molecule has 0 saturated heterocycles. The predicted molar refractivity (Wildman–Crippen MR) is 73.7 cm³/mol. The zero-order valence-electron chi connectivity index (χ0n) is 12.1. The van der Waals surface area contributed by atoms with Crippen molar-refractivity contribution in [3.05, 3.63) is 47.0 Å². The number of carbonyl (C=O) groups is 2. The van der Waals surface area contributed by atoms with Crippen molar-refractivity contribution in [2.45, 2.75) is 26.3 Å². The first-order valence-corrected chi connectivity index (χ1v) is 6.31. The number of carbonyl (C=O) groups excluding carboxylic acids is 2. The van der Waals surface area contributed by atoms with Crippen molar-refractivity contribution in [2.75, 3.05) is 7.11 Å². The molecule has 1 aromatic rings. The Morgan fingerprint density at radius 3 is 2.29 bits per heavy atom. The van der Waals surface area contributed by atoms with E-state index in [4.69, 9.17) is 0 Å². The summed E-state index contributed by atoms with van der Waals surface area (Å²) < 4.78 is 30.8. The molecule has 1 amide bonds. The summed E-state index contributed by atoms with van der Waals surface area (Å²) in [4.78, 5) is 23.6. The molecule has 0 saturated carbocycles. The van der Waals surface area contributed by atoms with E-state index < -0.39 is 29.6 Å². The van der Waals surface area contributed by atoms with E-state index in [1.807, 2.05) is 13.8 Å². The topological polar surface area (TPSA) is 55.4 Å². The van der Waals surface area contributed by atoms with Gasteiger partial charge in [-0.15, -0.1) is 0 Å². The Bertz CT molecular complexity index is 546. The number of esters is 1. The van der Waals surface area contributed by atoms with Crippen LogP contribution in [0.25, 0.3) is 0 Å². The molecule has 6 heteroatoms. The van der Waals surface area contributed by atoms with Crippen molar-refractivity contribution in [1.82, 2.24) is 5.32 Å². The summed E-state index contributed by atoms with van der Waals surface area (Å²) >= 11 is 0. The van der Waals surface area contributed by atoms with Crippen molar-refractivity contribution >= 4 is 11.9 Å².